The quantitative estimate of drug-likeness (QED) is 0.605. The number of rotatable bonds is 5. The Morgan fingerprint density at radius 3 is 2.70 bits per heavy atom. The SMILES string of the molecule is [CH2]CC(CCOC)C(N)=O. The molecule has 3 nitrogen and oxygen atoms in total. The van der Waals surface area contributed by atoms with Crippen LogP contribution in [0.5, 0.6) is 0 Å². The molecule has 0 heterocycles. The fourth-order valence-electron chi connectivity index (χ4n) is 0.689. The molecule has 0 aliphatic carbocycles. The van der Waals surface area contributed by atoms with Crippen molar-refractivity contribution in [1.82, 2.24) is 0 Å². The first-order valence-corrected chi connectivity index (χ1v) is 3.29. The number of primary amides is 1. The molecule has 0 aromatic heterocycles. The summed E-state index contributed by atoms with van der Waals surface area (Å²) in [6, 6.07) is 0. The molecule has 0 aliphatic rings. The Balaban J connectivity index is 3.50. The molecule has 3 heteroatoms. The Bertz CT molecular complexity index is 104. The zero-order chi connectivity index (χ0) is 7.98. The lowest BCUT2D eigenvalue weighted by molar-refractivity contribution is -0.122. The number of carbonyl (C=O) groups is 1. The maximum Gasteiger partial charge on any atom is 0.220 e. The van der Waals surface area contributed by atoms with Crippen molar-refractivity contribution in [2.45, 2.75) is 12.8 Å². The Kier molecular flexibility index (Phi) is 4.94. The lowest BCUT2D eigenvalue weighted by Crippen LogP contribution is -2.23. The number of hydrogen-bond donors (Lipinski definition) is 1. The van der Waals surface area contributed by atoms with Crippen molar-refractivity contribution in [3.05, 3.63) is 6.92 Å². The molecule has 0 spiro atoms. The predicted molar refractivity (Wildman–Crippen MR) is 39.2 cm³/mol. The summed E-state index contributed by atoms with van der Waals surface area (Å²) in [5, 5.41) is 0. The lowest BCUT2D eigenvalue weighted by Gasteiger charge is -2.08. The number of amides is 1. The molecule has 1 atom stereocenters. The molecule has 0 saturated carbocycles. The van der Waals surface area contributed by atoms with Crippen LogP contribution in [0.2, 0.25) is 0 Å². The minimum atomic E-state index is -0.285. The van der Waals surface area contributed by atoms with Crippen LogP contribution in [0.25, 0.3) is 0 Å². The molecule has 1 radical (unpaired) electrons. The van der Waals surface area contributed by atoms with Crippen molar-refractivity contribution < 1.29 is 9.53 Å². The van der Waals surface area contributed by atoms with Crippen LogP contribution in [-0.2, 0) is 9.53 Å². The first-order chi connectivity index (χ1) is 4.72. The molecule has 0 saturated heterocycles. The Morgan fingerprint density at radius 1 is 1.80 bits per heavy atom. The van der Waals surface area contributed by atoms with Gasteiger partial charge in [-0.3, -0.25) is 4.79 Å². The van der Waals surface area contributed by atoms with Gasteiger partial charge in [0.25, 0.3) is 0 Å². The standard InChI is InChI=1S/C7H14NO2/c1-3-6(7(8)9)4-5-10-2/h6H,1,3-5H2,2H3,(H2,8,9). The number of hydrogen-bond acceptors (Lipinski definition) is 2. The Labute approximate surface area is 61.5 Å². The van der Waals surface area contributed by atoms with E-state index in [9.17, 15) is 4.79 Å². The molecule has 0 aromatic rings. The monoisotopic (exact) mass is 144 g/mol. The van der Waals surface area contributed by atoms with E-state index in [1.54, 1.807) is 7.11 Å². The third-order valence-corrected chi connectivity index (χ3v) is 1.42. The molecule has 0 bridgehead atoms. The van der Waals surface area contributed by atoms with Crippen molar-refractivity contribution in [2.75, 3.05) is 13.7 Å². The fraction of sp³-hybridized carbons (Fsp3) is 0.714. The fourth-order valence-corrected chi connectivity index (χ4v) is 0.689. The lowest BCUT2D eigenvalue weighted by atomic mass is 10.0. The maximum absolute atomic E-state index is 10.6. The van der Waals surface area contributed by atoms with E-state index in [1.165, 1.54) is 0 Å². The van der Waals surface area contributed by atoms with Gasteiger partial charge in [-0.25, -0.2) is 0 Å². The summed E-state index contributed by atoms with van der Waals surface area (Å²) in [4.78, 5) is 10.6. The summed E-state index contributed by atoms with van der Waals surface area (Å²) in [6.07, 6.45) is 1.23. The van der Waals surface area contributed by atoms with Gasteiger partial charge < -0.3 is 10.5 Å². The summed E-state index contributed by atoms with van der Waals surface area (Å²) in [7, 11) is 1.60. The highest BCUT2D eigenvalue weighted by Crippen LogP contribution is 2.05. The molecule has 2 N–H and O–H groups in total. The number of carbonyl (C=O) groups excluding carboxylic acids is 1. The molecule has 0 aromatic carbocycles. The van der Waals surface area contributed by atoms with Crippen LogP contribution in [0.15, 0.2) is 0 Å². The molecule has 59 valence electrons. The van der Waals surface area contributed by atoms with E-state index in [1.807, 2.05) is 0 Å². The van der Waals surface area contributed by atoms with E-state index in [0.717, 1.165) is 0 Å². The molecular weight excluding hydrogens is 130 g/mol. The van der Waals surface area contributed by atoms with Gasteiger partial charge in [0.1, 0.15) is 0 Å². The van der Waals surface area contributed by atoms with Gasteiger partial charge in [0.05, 0.1) is 0 Å². The number of nitrogens with two attached hydrogens (primary N) is 1. The van der Waals surface area contributed by atoms with Gasteiger partial charge in [0, 0.05) is 19.6 Å². The van der Waals surface area contributed by atoms with Gasteiger partial charge in [0.15, 0.2) is 0 Å². The molecule has 1 amide bonds. The van der Waals surface area contributed by atoms with Crippen molar-refractivity contribution in [3.63, 3.8) is 0 Å². The summed E-state index contributed by atoms with van der Waals surface area (Å²) in [5.74, 6) is -0.410. The van der Waals surface area contributed by atoms with Crippen molar-refractivity contribution in [3.8, 4) is 0 Å². The minimum Gasteiger partial charge on any atom is -0.385 e. The average molecular weight is 144 g/mol. The zero-order valence-corrected chi connectivity index (χ0v) is 6.30. The van der Waals surface area contributed by atoms with Gasteiger partial charge in [-0.2, -0.15) is 0 Å². The first-order valence-electron chi connectivity index (χ1n) is 3.29. The van der Waals surface area contributed by atoms with Crippen molar-refractivity contribution in [2.24, 2.45) is 11.7 Å². The predicted octanol–water partition coefficient (Wildman–Crippen LogP) is 0.349. The second kappa shape index (κ2) is 5.23. The zero-order valence-electron chi connectivity index (χ0n) is 6.30. The third-order valence-electron chi connectivity index (χ3n) is 1.42. The summed E-state index contributed by atoms with van der Waals surface area (Å²) in [5.41, 5.74) is 5.05. The van der Waals surface area contributed by atoms with Crippen LogP contribution < -0.4 is 5.73 Å². The van der Waals surface area contributed by atoms with Gasteiger partial charge in [-0.05, 0) is 12.8 Å². The Morgan fingerprint density at radius 2 is 2.40 bits per heavy atom. The van der Waals surface area contributed by atoms with Gasteiger partial charge >= 0.3 is 0 Å². The van der Waals surface area contributed by atoms with Crippen LogP contribution in [0.1, 0.15) is 12.8 Å². The van der Waals surface area contributed by atoms with E-state index < -0.39 is 0 Å². The third kappa shape index (κ3) is 3.45. The van der Waals surface area contributed by atoms with E-state index >= 15 is 0 Å². The topological polar surface area (TPSA) is 52.3 Å². The van der Waals surface area contributed by atoms with Gasteiger partial charge in [-0.1, -0.05) is 6.92 Å². The molecule has 10 heavy (non-hydrogen) atoms. The maximum atomic E-state index is 10.6. The second-order valence-electron chi connectivity index (χ2n) is 2.17. The summed E-state index contributed by atoms with van der Waals surface area (Å²) < 4.78 is 4.79. The molecule has 0 aliphatic heterocycles. The van der Waals surface area contributed by atoms with E-state index in [-0.39, 0.29) is 11.8 Å². The minimum absolute atomic E-state index is 0.125. The van der Waals surface area contributed by atoms with Crippen LogP contribution in [-0.4, -0.2) is 19.6 Å². The smallest absolute Gasteiger partial charge is 0.220 e. The van der Waals surface area contributed by atoms with Crippen molar-refractivity contribution >= 4 is 5.91 Å². The molecule has 0 rings (SSSR count). The summed E-state index contributed by atoms with van der Waals surface area (Å²) >= 11 is 0. The van der Waals surface area contributed by atoms with Crippen LogP contribution in [0.4, 0.5) is 0 Å². The van der Waals surface area contributed by atoms with E-state index in [4.69, 9.17) is 10.5 Å². The highest BCUT2D eigenvalue weighted by molar-refractivity contribution is 5.76. The summed E-state index contributed by atoms with van der Waals surface area (Å²) in [6.45, 7) is 4.18. The highest BCUT2D eigenvalue weighted by Gasteiger charge is 2.11. The second-order valence-corrected chi connectivity index (χ2v) is 2.17. The van der Waals surface area contributed by atoms with Gasteiger partial charge in [-0.15, -0.1) is 0 Å². The van der Waals surface area contributed by atoms with Crippen LogP contribution in [0.3, 0.4) is 0 Å². The molecule has 1 unspecified atom stereocenters. The van der Waals surface area contributed by atoms with E-state index in [2.05, 4.69) is 6.92 Å². The number of methoxy groups -OCH3 is 1. The van der Waals surface area contributed by atoms with Crippen LogP contribution >= 0.6 is 0 Å². The van der Waals surface area contributed by atoms with Gasteiger partial charge in [0.2, 0.25) is 5.91 Å². The normalized spacial score (nSPS) is 13.0. The average Bonchev–Trinajstić information content (AvgIpc) is 1.89. The van der Waals surface area contributed by atoms with E-state index in [0.29, 0.717) is 19.4 Å². The van der Waals surface area contributed by atoms with Crippen LogP contribution in [0, 0.1) is 12.8 Å². The largest absolute Gasteiger partial charge is 0.385 e. The first kappa shape index (κ1) is 9.43. The highest BCUT2D eigenvalue weighted by atomic mass is 16.5. The Hall–Kier alpha value is -0.570. The number of ether oxygens (including phenoxy) is 1. The molecule has 0 fully saturated rings. The van der Waals surface area contributed by atoms with Crippen molar-refractivity contribution in [1.29, 1.82) is 0 Å². The molecular formula is C7H14NO2.